The number of anilines is 1. The largest absolute Gasteiger partial charge is 0.495 e. The van der Waals surface area contributed by atoms with Crippen LogP contribution in [0.15, 0.2) is 54.6 Å². The first-order chi connectivity index (χ1) is 10.6. The highest BCUT2D eigenvalue weighted by atomic mass is 35.5. The smallest absolute Gasteiger partial charge is 0.231 e. The zero-order chi connectivity index (χ0) is 15.7. The van der Waals surface area contributed by atoms with Gasteiger partial charge in [-0.3, -0.25) is 4.79 Å². The zero-order valence-corrected chi connectivity index (χ0v) is 13.4. The van der Waals surface area contributed by atoms with Crippen molar-refractivity contribution in [1.29, 1.82) is 0 Å². The van der Waals surface area contributed by atoms with E-state index in [0.29, 0.717) is 11.4 Å². The molecule has 114 valence electrons. The molecule has 1 fully saturated rings. The Hall–Kier alpha value is -1.71. The van der Waals surface area contributed by atoms with Crippen molar-refractivity contribution in [3.8, 4) is 5.75 Å². The fraction of sp³-hybridized carbons (Fsp3) is 0.235. The number of hydrogen-bond acceptors (Lipinski definition) is 2. The van der Waals surface area contributed by atoms with Crippen LogP contribution in [0.5, 0.6) is 5.75 Å². The molecule has 2 aromatic rings. The Bertz CT molecular complexity index is 688. The number of para-hydroxylation sites is 2. The monoisotopic (exact) mass is 335 g/mol. The fourth-order valence-electron chi connectivity index (χ4n) is 2.69. The molecule has 3 rings (SSSR count). The lowest BCUT2D eigenvalue weighted by Crippen LogP contribution is -2.17. The van der Waals surface area contributed by atoms with Gasteiger partial charge < -0.3 is 10.1 Å². The van der Waals surface area contributed by atoms with E-state index in [1.165, 1.54) is 0 Å². The number of nitrogens with one attached hydrogen (secondary N) is 1. The third-order valence-electron chi connectivity index (χ3n) is 3.86. The molecule has 0 bridgehead atoms. The lowest BCUT2D eigenvalue weighted by Gasteiger charge is -2.09. The van der Waals surface area contributed by atoms with Crippen molar-refractivity contribution in [1.82, 2.24) is 0 Å². The van der Waals surface area contributed by atoms with Crippen LogP contribution in [-0.4, -0.2) is 17.4 Å². The van der Waals surface area contributed by atoms with E-state index in [1.54, 1.807) is 19.2 Å². The lowest BCUT2D eigenvalue weighted by atomic mass is 10.1. The number of methoxy groups -OCH3 is 1. The van der Waals surface area contributed by atoms with Gasteiger partial charge in [0.05, 0.1) is 18.7 Å². The van der Waals surface area contributed by atoms with E-state index in [1.807, 2.05) is 42.5 Å². The predicted octanol–water partition coefficient (Wildman–Crippen LogP) is 4.22. The van der Waals surface area contributed by atoms with Crippen molar-refractivity contribution in [3.63, 3.8) is 0 Å². The van der Waals surface area contributed by atoms with E-state index >= 15 is 0 Å². The van der Waals surface area contributed by atoms with Crippen molar-refractivity contribution in [2.24, 2.45) is 5.92 Å². The molecule has 1 aliphatic rings. The van der Waals surface area contributed by atoms with Gasteiger partial charge in [-0.05, 0) is 17.7 Å². The van der Waals surface area contributed by atoms with Gasteiger partial charge >= 0.3 is 0 Å². The summed E-state index contributed by atoms with van der Waals surface area (Å²) in [6, 6.07) is 16.8. The van der Waals surface area contributed by atoms with Crippen molar-refractivity contribution >= 4 is 34.8 Å². The number of rotatable bonds is 4. The van der Waals surface area contributed by atoms with Crippen LogP contribution in [0.2, 0.25) is 0 Å². The molecule has 0 saturated heterocycles. The zero-order valence-electron chi connectivity index (χ0n) is 11.9. The topological polar surface area (TPSA) is 38.3 Å². The Morgan fingerprint density at radius 2 is 1.73 bits per heavy atom. The maximum absolute atomic E-state index is 12.5. The number of halogens is 2. The van der Waals surface area contributed by atoms with E-state index < -0.39 is 10.3 Å². The summed E-state index contributed by atoms with van der Waals surface area (Å²) in [6.07, 6.45) is 0. The van der Waals surface area contributed by atoms with Gasteiger partial charge in [0, 0.05) is 5.92 Å². The molecule has 1 saturated carbocycles. The van der Waals surface area contributed by atoms with Crippen molar-refractivity contribution < 1.29 is 9.53 Å². The number of ether oxygens (including phenoxy) is 1. The average molecular weight is 336 g/mol. The van der Waals surface area contributed by atoms with Crippen LogP contribution in [0, 0.1) is 5.92 Å². The van der Waals surface area contributed by atoms with Crippen LogP contribution in [0.4, 0.5) is 5.69 Å². The van der Waals surface area contributed by atoms with Gasteiger partial charge in [-0.15, -0.1) is 23.2 Å². The molecule has 0 unspecified atom stereocenters. The van der Waals surface area contributed by atoms with E-state index in [2.05, 4.69) is 5.32 Å². The van der Waals surface area contributed by atoms with Crippen LogP contribution < -0.4 is 10.1 Å². The minimum atomic E-state index is -1.08. The van der Waals surface area contributed by atoms with Crippen molar-refractivity contribution in [3.05, 3.63) is 60.2 Å². The Labute approximate surface area is 139 Å². The van der Waals surface area contributed by atoms with Crippen molar-refractivity contribution in [2.75, 3.05) is 12.4 Å². The summed E-state index contributed by atoms with van der Waals surface area (Å²) in [6.45, 7) is 0. The van der Waals surface area contributed by atoms with Crippen LogP contribution in [-0.2, 0) is 4.79 Å². The first-order valence-corrected chi connectivity index (χ1v) is 7.68. The molecule has 2 aromatic carbocycles. The van der Waals surface area contributed by atoms with Gasteiger partial charge in [0.15, 0.2) is 0 Å². The van der Waals surface area contributed by atoms with Crippen LogP contribution in [0.3, 0.4) is 0 Å². The van der Waals surface area contributed by atoms with Gasteiger partial charge in [-0.25, -0.2) is 0 Å². The standard InChI is InChI=1S/C17H15Cl2NO2/c1-22-13-10-6-5-9-12(13)20-16(21)15-14(17(15,18)19)11-7-3-2-4-8-11/h2-10,14-15H,1H3,(H,20,21)/t14-,15+/m0/s1. The molecular formula is C17H15Cl2NO2. The number of carbonyl (C=O) groups is 1. The van der Waals surface area contributed by atoms with Gasteiger partial charge in [0.25, 0.3) is 0 Å². The normalized spacial score (nSPS) is 22.0. The van der Waals surface area contributed by atoms with E-state index in [9.17, 15) is 4.79 Å². The number of benzene rings is 2. The van der Waals surface area contributed by atoms with Crippen molar-refractivity contribution in [2.45, 2.75) is 10.3 Å². The summed E-state index contributed by atoms with van der Waals surface area (Å²) in [5, 5.41) is 2.85. The number of carbonyl (C=O) groups excluding carboxylic acids is 1. The molecular weight excluding hydrogens is 321 g/mol. The van der Waals surface area contributed by atoms with Crippen LogP contribution >= 0.6 is 23.2 Å². The molecule has 1 aliphatic carbocycles. The summed E-state index contributed by atoms with van der Waals surface area (Å²) >= 11 is 12.6. The highest BCUT2D eigenvalue weighted by Gasteiger charge is 2.67. The summed E-state index contributed by atoms with van der Waals surface area (Å²) in [4.78, 5) is 12.5. The molecule has 0 heterocycles. The Balaban J connectivity index is 1.79. The molecule has 0 aromatic heterocycles. The number of alkyl halides is 2. The van der Waals surface area contributed by atoms with Gasteiger partial charge in [0.2, 0.25) is 5.91 Å². The second kappa shape index (κ2) is 5.82. The maximum atomic E-state index is 12.5. The molecule has 2 atom stereocenters. The molecule has 3 nitrogen and oxygen atoms in total. The molecule has 0 spiro atoms. The van der Waals surface area contributed by atoms with E-state index in [0.717, 1.165) is 5.56 Å². The fourth-order valence-corrected chi connectivity index (χ4v) is 3.51. The lowest BCUT2D eigenvalue weighted by molar-refractivity contribution is -0.117. The third-order valence-corrected chi connectivity index (χ3v) is 4.80. The Morgan fingerprint density at radius 3 is 2.41 bits per heavy atom. The number of hydrogen-bond donors (Lipinski definition) is 1. The van der Waals surface area contributed by atoms with Gasteiger partial charge in [-0.1, -0.05) is 42.5 Å². The van der Waals surface area contributed by atoms with Gasteiger partial charge in [-0.2, -0.15) is 0 Å². The molecule has 1 amide bonds. The van der Waals surface area contributed by atoms with Crippen LogP contribution in [0.25, 0.3) is 0 Å². The summed E-state index contributed by atoms with van der Waals surface area (Å²) in [5.41, 5.74) is 1.57. The molecule has 0 radical (unpaired) electrons. The highest BCUT2D eigenvalue weighted by Crippen LogP contribution is 2.65. The Kier molecular flexibility index (Phi) is 4.02. The molecule has 1 N–H and O–H groups in total. The predicted molar refractivity (Wildman–Crippen MR) is 88.7 cm³/mol. The maximum Gasteiger partial charge on any atom is 0.231 e. The highest BCUT2D eigenvalue weighted by molar-refractivity contribution is 6.53. The van der Waals surface area contributed by atoms with E-state index in [-0.39, 0.29) is 11.8 Å². The Morgan fingerprint density at radius 1 is 1.09 bits per heavy atom. The second-order valence-electron chi connectivity index (χ2n) is 5.23. The summed E-state index contributed by atoms with van der Waals surface area (Å²) < 4.78 is 4.15. The molecule has 5 heteroatoms. The molecule has 0 aliphatic heterocycles. The summed E-state index contributed by atoms with van der Waals surface area (Å²) in [7, 11) is 1.56. The second-order valence-corrected chi connectivity index (χ2v) is 6.67. The van der Waals surface area contributed by atoms with Crippen LogP contribution in [0.1, 0.15) is 11.5 Å². The number of amides is 1. The average Bonchev–Trinajstić information content (AvgIpc) is 3.11. The minimum Gasteiger partial charge on any atom is -0.495 e. The first-order valence-electron chi connectivity index (χ1n) is 6.92. The first kappa shape index (κ1) is 15.2. The molecule has 22 heavy (non-hydrogen) atoms. The minimum absolute atomic E-state index is 0.202. The van der Waals surface area contributed by atoms with Gasteiger partial charge in [0.1, 0.15) is 10.1 Å². The van der Waals surface area contributed by atoms with E-state index in [4.69, 9.17) is 27.9 Å². The third kappa shape index (κ3) is 2.67. The quantitative estimate of drug-likeness (QED) is 0.849. The summed E-state index contributed by atoms with van der Waals surface area (Å²) in [5.74, 6) is -0.291. The SMILES string of the molecule is COc1ccccc1NC(=O)[C@H]1[C@H](c2ccccc2)C1(Cl)Cl.